The van der Waals surface area contributed by atoms with Crippen LogP contribution in [0.15, 0.2) is 62.6 Å². The Hall–Kier alpha value is -3.17. The highest BCUT2D eigenvalue weighted by Crippen LogP contribution is 2.23. The molecule has 28 heavy (non-hydrogen) atoms. The second kappa shape index (κ2) is 8.68. The van der Waals surface area contributed by atoms with Crippen molar-refractivity contribution >= 4 is 27.1 Å². The van der Waals surface area contributed by atoms with Crippen molar-refractivity contribution in [3.05, 3.63) is 70.1 Å². The molecule has 0 amide bonds. The molecule has 148 valence electrons. The van der Waals surface area contributed by atoms with E-state index in [9.17, 15) is 23.1 Å². The van der Waals surface area contributed by atoms with E-state index < -0.39 is 21.7 Å². The number of rotatable bonds is 3. The Morgan fingerprint density at radius 1 is 1.14 bits per heavy atom. The minimum atomic E-state index is -4.00. The van der Waals surface area contributed by atoms with Crippen LogP contribution < -0.4 is 5.63 Å². The van der Waals surface area contributed by atoms with Gasteiger partial charge in [0.1, 0.15) is 11.3 Å². The molecule has 1 heterocycles. The number of esters is 1. The molecule has 0 saturated carbocycles. The van der Waals surface area contributed by atoms with E-state index in [0.717, 1.165) is 0 Å². The van der Waals surface area contributed by atoms with Crippen molar-refractivity contribution in [2.24, 2.45) is 0 Å². The maximum Gasteiger partial charge on any atom is 0.340 e. The highest BCUT2D eigenvalue weighted by Gasteiger charge is 2.15. The summed E-state index contributed by atoms with van der Waals surface area (Å²) < 4.78 is 38.9. The van der Waals surface area contributed by atoms with Crippen molar-refractivity contribution in [1.82, 2.24) is 0 Å². The molecule has 1 aromatic heterocycles. The molecule has 9 heteroatoms. The minimum absolute atomic E-state index is 0.0192. The van der Waals surface area contributed by atoms with Crippen LogP contribution in [-0.4, -0.2) is 31.2 Å². The Morgan fingerprint density at radius 2 is 1.79 bits per heavy atom. The van der Waals surface area contributed by atoms with Crippen molar-refractivity contribution in [1.29, 1.82) is 0 Å². The summed E-state index contributed by atoms with van der Waals surface area (Å²) >= 11 is 0. The molecule has 3 aromatic rings. The summed E-state index contributed by atoms with van der Waals surface area (Å²) in [4.78, 5) is 22.9. The minimum Gasteiger partial charge on any atom is -0.508 e. The first kappa shape index (κ1) is 21.1. The third kappa shape index (κ3) is 5.18. The molecule has 3 rings (SSSR count). The van der Waals surface area contributed by atoms with Crippen molar-refractivity contribution in [3.63, 3.8) is 0 Å². The largest absolute Gasteiger partial charge is 0.508 e. The second-order valence-electron chi connectivity index (χ2n) is 5.71. The van der Waals surface area contributed by atoms with Crippen LogP contribution >= 0.6 is 0 Å². The zero-order valence-electron chi connectivity index (χ0n) is 15.1. The van der Waals surface area contributed by atoms with Gasteiger partial charge < -0.3 is 14.3 Å². The molecule has 2 aromatic carbocycles. The highest BCUT2D eigenvalue weighted by atomic mass is 32.2. The predicted octanol–water partition coefficient (Wildman–Crippen LogP) is 2.46. The van der Waals surface area contributed by atoms with Crippen LogP contribution in [0.2, 0.25) is 0 Å². The second-order valence-corrected chi connectivity index (χ2v) is 7.14. The molecule has 0 aliphatic rings. The molecular weight excluding hydrogens is 388 g/mol. The third-order valence-corrected chi connectivity index (χ3v) is 4.73. The van der Waals surface area contributed by atoms with Gasteiger partial charge in [0.05, 0.1) is 24.0 Å². The maximum atomic E-state index is 11.8. The molecule has 0 aliphatic carbocycles. The van der Waals surface area contributed by atoms with Gasteiger partial charge in [0.2, 0.25) is 0 Å². The Kier molecular flexibility index (Phi) is 6.55. The van der Waals surface area contributed by atoms with Crippen molar-refractivity contribution in [3.8, 4) is 5.75 Å². The number of ether oxygens (including phenoxy) is 1. The number of phenolic OH excluding ortho intramolecular Hbond substituents is 1. The van der Waals surface area contributed by atoms with Crippen molar-refractivity contribution < 1.29 is 32.0 Å². The van der Waals surface area contributed by atoms with E-state index in [1.54, 1.807) is 31.2 Å². The maximum absolute atomic E-state index is 11.8. The zero-order chi connectivity index (χ0) is 20.9. The summed E-state index contributed by atoms with van der Waals surface area (Å²) in [5.41, 5.74) is 0.647. The van der Waals surface area contributed by atoms with Gasteiger partial charge >= 0.3 is 11.6 Å². The lowest BCUT2D eigenvalue weighted by Gasteiger charge is -2.06. The molecule has 0 bridgehead atoms. The van der Waals surface area contributed by atoms with E-state index in [1.165, 1.54) is 31.4 Å². The Morgan fingerprint density at radius 3 is 2.32 bits per heavy atom. The fraction of sp³-hybridized carbons (Fsp3) is 0.158. The number of methoxy groups -OCH3 is 1. The van der Waals surface area contributed by atoms with E-state index in [4.69, 9.17) is 8.97 Å². The quantitative estimate of drug-likeness (QED) is 0.385. The molecule has 0 aliphatic heterocycles. The lowest BCUT2D eigenvalue weighted by atomic mass is 10.0. The molecule has 0 saturated heterocycles. The number of aromatic hydroxyl groups is 1. The van der Waals surface area contributed by atoms with E-state index in [0.29, 0.717) is 16.5 Å². The van der Waals surface area contributed by atoms with Crippen LogP contribution in [0.5, 0.6) is 5.75 Å². The standard InChI is InChI=1S/C13H12O5.C6H6O3S/c1-7-9-4-3-8(14)5-11(9)18-13(16)10(7)6-12(15)17-2;7-10(8,9)6-4-2-1-3-5-6/h3-5,14H,6H2,1-2H3;1-5H,(H,7,8,9). The lowest BCUT2D eigenvalue weighted by molar-refractivity contribution is -0.139. The zero-order valence-corrected chi connectivity index (χ0v) is 15.9. The van der Waals surface area contributed by atoms with Gasteiger partial charge in [0.25, 0.3) is 10.1 Å². The summed E-state index contributed by atoms with van der Waals surface area (Å²) in [7, 11) is -2.74. The van der Waals surface area contributed by atoms with Crippen LogP contribution in [0, 0.1) is 6.92 Å². The summed E-state index contributed by atoms with van der Waals surface area (Å²) in [6.07, 6.45) is -0.124. The normalized spacial score (nSPS) is 10.8. The molecule has 0 atom stereocenters. The van der Waals surface area contributed by atoms with E-state index in [1.807, 2.05) is 0 Å². The van der Waals surface area contributed by atoms with Gasteiger partial charge in [-0.25, -0.2) is 4.79 Å². The van der Waals surface area contributed by atoms with Crippen LogP contribution in [0.25, 0.3) is 11.0 Å². The average Bonchev–Trinajstić information content (AvgIpc) is 2.65. The summed E-state index contributed by atoms with van der Waals surface area (Å²) in [6.45, 7) is 1.73. The fourth-order valence-electron chi connectivity index (χ4n) is 2.40. The molecule has 2 N–H and O–H groups in total. The topological polar surface area (TPSA) is 131 Å². The van der Waals surface area contributed by atoms with Gasteiger partial charge in [-0.1, -0.05) is 18.2 Å². The Bertz CT molecular complexity index is 1150. The molecule has 0 spiro atoms. The van der Waals surface area contributed by atoms with Gasteiger partial charge in [0.15, 0.2) is 0 Å². The SMILES string of the molecule is COC(=O)Cc1c(C)c2ccc(O)cc2oc1=O.O=S(=O)(O)c1ccccc1. The monoisotopic (exact) mass is 406 g/mol. The molecule has 0 unspecified atom stereocenters. The number of fused-ring (bicyclic) bond motifs is 1. The van der Waals surface area contributed by atoms with Gasteiger partial charge in [0, 0.05) is 11.5 Å². The summed E-state index contributed by atoms with van der Waals surface area (Å²) in [6, 6.07) is 11.9. The number of carbonyl (C=O) groups excluding carboxylic acids is 1. The first-order chi connectivity index (χ1) is 13.1. The number of carbonyl (C=O) groups is 1. The summed E-state index contributed by atoms with van der Waals surface area (Å²) in [5.74, 6) is -0.478. The smallest absolute Gasteiger partial charge is 0.340 e. The highest BCUT2D eigenvalue weighted by molar-refractivity contribution is 7.85. The summed E-state index contributed by atoms with van der Waals surface area (Å²) in [5, 5.41) is 10.0. The number of phenols is 1. The third-order valence-electron chi connectivity index (χ3n) is 3.86. The first-order valence-corrected chi connectivity index (χ1v) is 9.42. The lowest BCUT2D eigenvalue weighted by Crippen LogP contribution is -2.16. The van der Waals surface area contributed by atoms with Crippen LogP contribution in [0.1, 0.15) is 11.1 Å². The Labute approximate surface area is 160 Å². The molecule has 0 fully saturated rings. The fourth-order valence-corrected chi connectivity index (χ4v) is 2.90. The van der Waals surface area contributed by atoms with Gasteiger partial charge in [-0.2, -0.15) is 8.42 Å². The first-order valence-electron chi connectivity index (χ1n) is 7.98. The van der Waals surface area contributed by atoms with E-state index in [-0.39, 0.29) is 22.6 Å². The van der Waals surface area contributed by atoms with Crippen molar-refractivity contribution in [2.45, 2.75) is 18.2 Å². The molecule has 0 radical (unpaired) electrons. The van der Waals surface area contributed by atoms with Gasteiger partial charge in [-0.05, 0) is 36.8 Å². The predicted molar refractivity (Wildman–Crippen MR) is 101 cm³/mol. The number of hydrogen-bond acceptors (Lipinski definition) is 7. The van der Waals surface area contributed by atoms with Crippen molar-refractivity contribution in [2.75, 3.05) is 7.11 Å². The Balaban J connectivity index is 0.000000237. The number of hydrogen-bond donors (Lipinski definition) is 2. The number of aryl methyl sites for hydroxylation is 1. The van der Waals surface area contributed by atoms with Crippen LogP contribution in [0.4, 0.5) is 0 Å². The van der Waals surface area contributed by atoms with Crippen LogP contribution in [-0.2, 0) is 26.1 Å². The van der Waals surface area contributed by atoms with Gasteiger partial charge in [-0.15, -0.1) is 0 Å². The number of benzene rings is 2. The van der Waals surface area contributed by atoms with E-state index >= 15 is 0 Å². The molecule has 8 nitrogen and oxygen atoms in total. The molecular formula is C19H18O8S. The van der Waals surface area contributed by atoms with Crippen LogP contribution in [0.3, 0.4) is 0 Å². The van der Waals surface area contributed by atoms with Gasteiger partial charge in [-0.3, -0.25) is 9.35 Å². The van der Waals surface area contributed by atoms with E-state index in [2.05, 4.69) is 4.74 Å². The average molecular weight is 406 g/mol.